The van der Waals surface area contributed by atoms with E-state index in [1.807, 2.05) is 7.05 Å². The summed E-state index contributed by atoms with van der Waals surface area (Å²) in [7, 11) is -1.82. The minimum Gasteiger partial charge on any atom is -0.493 e. The van der Waals surface area contributed by atoms with Gasteiger partial charge in [0.05, 0.1) is 22.5 Å². The molecule has 130 valence electrons. The Kier molecular flexibility index (Phi) is 3.97. The molecule has 1 aliphatic rings. The number of nitrogens with zero attached hydrogens (tertiary/aromatic N) is 2. The lowest BCUT2D eigenvalue weighted by atomic mass is 10.2. The van der Waals surface area contributed by atoms with Crippen LogP contribution in [0, 0.1) is 0 Å². The Hall–Kier alpha value is -2.38. The molecule has 0 saturated heterocycles. The fraction of sp³-hybridized carbons (Fsp3) is 0.278. The molecule has 1 aromatic carbocycles. The van der Waals surface area contributed by atoms with E-state index in [0.29, 0.717) is 18.5 Å². The van der Waals surface area contributed by atoms with E-state index in [2.05, 4.69) is 10.3 Å². The van der Waals surface area contributed by atoms with Crippen LogP contribution in [0.2, 0.25) is 0 Å². The van der Waals surface area contributed by atoms with E-state index in [1.54, 1.807) is 42.7 Å². The Morgan fingerprint density at radius 2 is 2.20 bits per heavy atom. The number of pyridine rings is 1. The van der Waals surface area contributed by atoms with E-state index in [1.165, 1.54) is 3.97 Å². The molecule has 0 aliphatic carbocycles. The summed E-state index contributed by atoms with van der Waals surface area (Å²) >= 11 is 0. The van der Waals surface area contributed by atoms with Gasteiger partial charge < -0.3 is 10.1 Å². The maximum atomic E-state index is 13.2. The normalized spacial score (nSPS) is 13.8. The second kappa shape index (κ2) is 6.16. The molecule has 1 N–H and O–H groups in total. The molecule has 25 heavy (non-hydrogen) atoms. The molecule has 0 unspecified atom stereocenters. The van der Waals surface area contributed by atoms with Crippen molar-refractivity contribution in [2.24, 2.45) is 0 Å². The summed E-state index contributed by atoms with van der Waals surface area (Å²) in [6, 6.07) is 8.61. The van der Waals surface area contributed by atoms with Crippen LogP contribution in [0.1, 0.15) is 11.1 Å². The van der Waals surface area contributed by atoms with Gasteiger partial charge in [0.2, 0.25) is 0 Å². The van der Waals surface area contributed by atoms with Crippen LogP contribution in [0.25, 0.3) is 11.0 Å². The highest BCUT2D eigenvalue weighted by Gasteiger charge is 2.24. The number of hydrogen-bond acceptors (Lipinski definition) is 5. The topological polar surface area (TPSA) is 73.2 Å². The van der Waals surface area contributed by atoms with Crippen molar-refractivity contribution in [2.75, 3.05) is 20.2 Å². The Balaban J connectivity index is 1.85. The summed E-state index contributed by atoms with van der Waals surface area (Å²) in [5, 5.41) is 3.09. The average Bonchev–Trinajstić information content (AvgIpc) is 3.24. The van der Waals surface area contributed by atoms with E-state index in [0.717, 1.165) is 35.4 Å². The van der Waals surface area contributed by atoms with Crippen LogP contribution in [0.3, 0.4) is 0 Å². The number of rotatable bonds is 5. The van der Waals surface area contributed by atoms with E-state index in [9.17, 15) is 8.42 Å². The minimum atomic E-state index is -3.69. The number of aromatic nitrogens is 2. The molecule has 4 rings (SSSR count). The lowest BCUT2D eigenvalue weighted by Crippen LogP contribution is -2.12. The Morgan fingerprint density at radius 1 is 1.32 bits per heavy atom. The molecule has 2 aromatic heterocycles. The van der Waals surface area contributed by atoms with Gasteiger partial charge in [0.25, 0.3) is 10.0 Å². The van der Waals surface area contributed by atoms with Gasteiger partial charge in [0, 0.05) is 18.8 Å². The van der Waals surface area contributed by atoms with Gasteiger partial charge in [0.15, 0.2) is 0 Å². The molecule has 7 heteroatoms. The van der Waals surface area contributed by atoms with Gasteiger partial charge in [-0.3, -0.25) is 4.98 Å². The van der Waals surface area contributed by atoms with Crippen LogP contribution in [0.5, 0.6) is 5.75 Å². The summed E-state index contributed by atoms with van der Waals surface area (Å²) in [6.07, 6.45) is 4.83. The van der Waals surface area contributed by atoms with Gasteiger partial charge in [-0.15, -0.1) is 0 Å². The van der Waals surface area contributed by atoms with Crippen LogP contribution in [-0.4, -0.2) is 37.6 Å². The quantitative estimate of drug-likeness (QED) is 0.756. The van der Waals surface area contributed by atoms with Gasteiger partial charge in [-0.1, -0.05) is 0 Å². The molecule has 0 bridgehead atoms. The number of hydrogen-bond donors (Lipinski definition) is 1. The maximum Gasteiger partial charge on any atom is 0.268 e. The first kappa shape index (κ1) is 16.1. The zero-order valence-electron chi connectivity index (χ0n) is 13.9. The van der Waals surface area contributed by atoms with Crippen molar-refractivity contribution in [3.63, 3.8) is 0 Å². The van der Waals surface area contributed by atoms with Crippen LogP contribution in [0.15, 0.2) is 47.6 Å². The summed E-state index contributed by atoms with van der Waals surface area (Å²) in [5.41, 5.74) is 3.18. The van der Waals surface area contributed by atoms with Crippen LogP contribution in [-0.2, 0) is 22.9 Å². The third kappa shape index (κ3) is 2.69. The van der Waals surface area contributed by atoms with Crippen LogP contribution >= 0.6 is 0 Å². The monoisotopic (exact) mass is 357 g/mol. The maximum absolute atomic E-state index is 13.2. The second-order valence-corrected chi connectivity index (χ2v) is 7.86. The number of nitrogens with one attached hydrogen (secondary N) is 1. The third-order valence-electron chi connectivity index (χ3n) is 4.46. The molecule has 0 amide bonds. The summed E-state index contributed by atoms with van der Waals surface area (Å²) in [5.74, 6) is 0.771. The minimum absolute atomic E-state index is 0.276. The van der Waals surface area contributed by atoms with Gasteiger partial charge in [-0.05, 0) is 61.5 Å². The Labute approximate surface area is 146 Å². The predicted octanol–water partition coefficient (Wildman–Crippen LogP) is 1.97. The molecule has 3 aromatic rings. The fourth-order valence-electron chi connectivity index (χ4n) is 3.17. The SMILES string of the molecule is CNCCc1cn(S(=O)(=O)c2ccc3c(c2)CCO3)c2cccnc12. The number of fused-ring (bicyclic) bond motifs is 2. The standard InChI is InChI=1S/C18H19N3O3S/c1-19-9-6-14-12-21(16-3-2-8-20-18(14)16)25(22,23)15-4-5-17-13(11-15)7-10-24-17/h2-5,8,11-12,19H,6-7,9-10H2,1H3. The van der Waals surface area contributed by atoms with Crippen molar-refractivity contribution >= 4 is 21.1 Å². The largest absolute Gasteiger partial charge is 0.493 e. The smallest absolute Gasteiger partial charge is 0.268 e. The van der Waals surface area contributed by atoms with E-state index in [4.69, 9.17) is 4.74 Å². The number of likely N-dealkylation sites (N-methyl/N-ethyl adjacent to an activating group) is 1. The van der Waals surface area contributed by atoms with Gasteiger partial charge in [0.1, 0.15) is 5.75 Å². The highest BCUT2D eigenvalue weighted by Crippen LogP contribution is 2.30. The molecule has 0 radical (unpaired) electrons. The highest BCUT2D eigenvalue weighted by atomic mass is 32.2. The zero-order valence-corrected chi connectivity index (χ0v) is 14.7. The molecular weight excluding hydrogens is 338 g/mol. The molecule has 0 fully saturated rings. The van der Waals surface area contributed by atoms with Crippen molar-refractivity contribution in [1.29, 1.82) is 0 Å². The van der Waals surface area contributed by atoms with Crippen molar-refractivity contribution in [2.45, 2.75) is 17.7 Å². The van der Waals surface area contributed by atoms with Gasteiger partial charge >= 0.3 is 0 Å². The van der Waals surface area contributed by atoms with Crippen molar-refractivity contribution in [3.05, 3.63) is 53.9 Å². The lowest BCUT2D eigenvalue weighted by molar-refractivity contribution is 0.356. The Morgan fingerprint density at radius 3 is 3.04 bits per heavy atom. The van der Waals surface area contributed by atoms with Crippen molar-refractivity contribution in [3.8, 4) is 5.75 Å². The zero-order chi connectivity index (χ0) is 17.4. The molecule has 6 nitrogen and oxygen atoms in total. The summed E-state index contributed by atoms with van der Waals surface area (Å²) < 4.78 is 33.2. The Bertz CT molecular complexity index is 1040. The molecule has 3 heterocycles. The first-order valence-electron chi connectivity index (χ1n) is 8.22. The molecule has 0 spiro atoms. The number of benzene rings is 1. The van der Waals surface area contributed by atoms with E-state index >= 15 is 0 Å². The molecular formula is C18H19N3O3S. The van der Waals surface area contributed by atoms with Crippen molar-refractivity contribution < 1.29 is 13.2 Å². The first-order chi connectivity index (χ1) is 12.1. The first-order valence-corrected chi connectivity index (χ1v) is 9.66. The van der Waals surface area contributed by atoms with E-state index in [-0.39, 0.29) is 4.90 Å². The van der Waals surface area contributed by atoms with Crippen LogP contribution in [0.4, 0.5) is 0 Å². The predicted molar refractivity (Wildman–Crippen MR) is 95.6 cm³/mol. The van der Waals surface area contributed by atoms with Crippen molar-refractivity contribution in [1.82, 2.24) is 14.3 Å². The lowest BCUT2D eigenvalue weighted by Gasteiger charge is -2.08. The second-order valence-electron chi connectivity index (χ2n) is 6.05. The molecule has 0 saturated carbocycles. The number of ether oxygens (including phenoxy) is 1. The average molecular weight is 357 g/mol. The van der Waals surface area contributed by atoms with Crippen LogP contribution < -0.4 is 10.1 Å². The summed E-state index contributed by atoms with van der Waals surface area (Å²) in [4.78, 5) is 4.66. The fourth-order valence-corrected chi connectivity index (χ4v) is 4.60. The highest BCUT2D eigenvalue weighted by molar-refractivity contribution is 7.90. The van der Waals surface area contributed by atoms with Gasteiger partial charge in [-0.25, -0.2) is 12.4 Å². The molecule has 0 atom stereocenters. The van der Waals surface area contributed by atoms with E-state index < -0.39 is 10.0 Å². The van der Waals surface area contributed by atoms with Gasteiger partial charge in [-0.2, -0.15) is 0 Å². The third-order valence-corrected chi connectivity index (χ3v) is 6.13. The summed E-state index contributed by atoms with van der Waals surface area (Å²) in [6.45, 7) is 1.36. The molecule has 1 aliphatic heterocycles.